The lowest BCUT2D eigenvalue weighted by molar-refractivity contribution is -0.225. The first-order valence-corrected chi connectivity index (χ1v) is 13.0. The standard InChI is InChI=1S/C28H37FO7/c1-6-23(33)35-15-22(32)28(36-24(34)7-2)16(3)12-20-19-9-8-17-13-18(30)10-11-25(17,4)27(19,29)21(31)14-26(20,28)5/h8,10-11,16,19-21,31H,6-7,9,12-15H2,1-5H3/t16-,19-,20-,21-,25-,26-,27-,28-/m0/s1. The summed E-state index contributed by atoms with van der Waals surface area (Å²) < 4.78 is 28.5. The molecule has 36 heavy (non-hydrogen) atoms. The molecule has 2 fully saturated rings. The van der Waals surface area contributed by atoms with Crippen LogP contribution in [-0.2, 0) is 28.7 Å². The molecule has 8 atom stereocenters. The van der Waals surface area contributed by atoms with Crippen molar-refractivity contribution < 1.29 is 38.1 Å². The Bertz CT molecular complexity index is 1050. The van der Waals surface area contributed by atoms with E-state index in [0.29, 0.717) is 18.4 Å². The Morgan fingerprint density at radius 3 is 2.44 bits per heavy atom. The van der Waals surface area contributed by atoms with Crippen LogP contribution in [0.15, 0.2) is 23.8 Å². The van der Waals surface area contributed by atoms with E-state index in [-0.39, 0.29) is 31.5 Å². The second-order valence-corrected chi connectivity index (χ2v) is 11.4. The summed E-state index contributed by atoms with van der Waals surface area (Å²) in [6.07, 6.45) is 4.30. The van der Waals surface area contributed by atoms with Crippen LogP contribution in [0.2, 0.25) is 0 Å². The number of fused-ring (bicyclic) bond motifs is 5. The number of alkyl halides is 1. The highest BCUT2D eigenvalue weighted by Crippen LogP contribution is 2.71. The van der Waals surface area contributed by atoms with Crippen LogP contribution >= 0.6 is 0 Å². The van der Waals surface area contributed by atoms with Crippen LogP contribution in [0.4, 0.5) is 4.39 Å². The molecule has 0 aromatic heterocycles. The minimum absolute atomic E-state index is 0.0409. The highest BCUT2D eigenvalue weighted by molar-refractivity contribution is 5.94. The molecule has 0 spiro atoms. The van der Waals surface area contributed by atoms with Crippen molar-refractivity contribution in [1.82, 2.24) is 0 Å². The van der Waals surface area contributed by atoms with Crippen LogP contribution < -0.4 is 0 Å². The summed E-state index contributed by atoms with van der Waals surface area (Å²) in [6.45, 7) is 8.04. The van der Waals surface area contributed by atoms with Crippen LogP contribution in [0.25, 0.3) is 0 Å². The summed E-state index contributed by atoms with van der Waals surface area (Å²) in [5.41, 5.74) is -5.28. The largest absolute Gasteiger partial charge is 0.457 e. The van der Waals surface area contributed by atoms with Gasteiger partial charge in [0.1, 0.15) is 0 Å². The topological polar surface area (TPSA) is 107 Å². The maximum atomic E-state index is 17.4. The van der Waals surface area contributed by atoms with E-state index in [1.807, 2.05) is 13.0 Å². The van der Waals surface area contributed by atoms with Gasteiger partial charge in [0.05, 0.1) is 6.10 Å². The number of ether oxygens (including phenoxy) is 2. The lowest BCUT2D eigenvalue weighted by atomic mass is 9.45. The van der Waals surface area contributed by atoms with E-state index >= 15 is 4.39 Å². The summed E-state index contributed by atoms with van der Waals surface area (Å²) in [6, 6.07) is 0. The minimum atomic E-state index is -2.05. The third-order valence-electron chi connectivity index (χ3n) is 9.78. The Labute approximate surface area is 211 Å². The van der Waals surface area contributed by atoms with Crippen molar-refractivity contribution in [1.29, 1.82) is 0 Å². The molecular weight excluding hydrogens is 467 g/mol. The van der Waals surface area contributed by atoms with Crippen LogP contribution in [0.3, 0.4) is 0 Å². The third kappa shape index (κ3) is 3.39. The first-order chi connectivity index (χ1) is 16.8. The molecule has 0 amide bonds. The molecule has 1 N–H and O–H groups in total. The van der Waals surface area contributed by atoms with Crippen molar-refractivity contribution in [2.24, 2.45) is 28.6 Å². The molecule has 0 radical (unpaired) electrons. The van der Waals surface area contributed by atoms with Gasteiger partial charge >= 0.3 is 11.9 Å². The van der Waals surface area contributed by atoms with Crippen LogP contribution in [0.5, 0.6) is 0 Å². The van der Waals surface area contributed by atoms with E-state index in [2.05, 4.69) is 0 Å². The van der Waals surface area contributed by atoms with Gasteiger partial charge in [0.25, 0.3) is 0 Å². The Kier molecular flexibility index (Phi) is 6.60. The maximum absolute atomic E-state index is 17.4. The monoisotopic (exact) mass is 504 g/mol. The fraction of sp³-hybridized carbons (Fsp3) is 0.714. The van der Waals surface area contributed by atoms with Gasteiger partial charge in [0.15, 0.2) is 23.7 Å². The lowest BCUT2D eigenvalue weighted by Gasteiger charge is -2.62. The number of rotatable bonds is 6. The van der Waals surface area contributed by atoms with Crippen LogP contribution in [0.1, 0.15) is 73.1 Å². The molecule has 4 aliphatic carbocycles. The average molecular weight is 505 g/mol. The van der Waals surface area contributed by atoms with Gasteiger partial charge in [0.2, 0.25) is 5.78 Å². The second kappa shape index (κ2) is 8.89. The quantitative estimate of drug-likeness (QED) is 0.433. The molecule has 0 unspecified atom stereocenters. The van der Waals surface area contributed by atoms with Gasteiger partial charge in [-0.15, -0.1) is 0 Å². The first-order valence-electron chi connectivity index (χ1n) is 13.0. The Balaban J connectivity index is 1.81. The summed E-state index contributed by atoms with van der Waals surface area (Å²) in [4.78, 5) is 50.3. The molecule has 0 aliphatic heterocycles. The number of ketones is 2. The summed E-state index contributed by atoms with van der Waals surface area (Å²) in [5.74, 6) is -3.28. The predicted octanol–water partition coefficient (Wildman–Crippen LogP) is 3.82. The van der Waals surface area contributed by atoms with Crippen LogP contribution in [-0.4, -0.2) is 52.6 Å². The zero-order chi connectivity index (χ0) is 26.7. The van der Waals surface area contributed by atoms with Gasteiger partial charge in [-0.3, -0.25) is 19.2 Å². The maximum Gasteiger partial charge on any atom is 0.306 e. The Morgan fingerprint density at radius 1 is 1.14 bits per heavy atom. The van der Waals surface area contributed by atoms with Gasteiger partial charge in [-0.25, -0.2) is 4.39 Å². The van der Waals surface area contributed by atoms with E-state index in [1.165, 1.54) is 6.08 Å². The molecular formula is C28H37FO7. The molecule has 0 bridgehead atoms. The van der Waals surface area contributed by atoms with Crippen molar-refractivity contribution >= 4 is 23.5 Å². The van der Waals surface area contributed by atoms with Crippen molar-refractivity contribution in [2.45, 2.75) is 90.5 Å². The van der Waals surface area contributed by atoms with Crippen molar-refractivity contribution in [3.8, 4) is 0 Å². The highest BCUT2D eigenvalue weighted by atomic mass is 19.1. The Morgan fingerprint density at radius 2 is 1.81 bits per heavy atom. The summed E-state index contributed by atoms with van der Waals surface area (Å²) >= 11 is 0. The smallest absolute Gasteiger partial charge is 0.306 e. The van der Waals surface area contributed by atoms with Crippen molar-refractivity contribution in [3.63, 3.8) is 0 Å². The lowest BCUT2D eigenvalue weighted by Crippen LogP contribution is -2.69. The second-order valence-electron chi connectivity index (χ2n) is 11.4. The fourth-order valence-electron chi connectivity index (χ4n) is 7.91. The van der Waals surface area contributed by atoms with E-state index < -0.39 is 70.3 Å². The summed E-state index contributed by atoms with van der Waals surface area (Å²) in [5, 5.41) is 11.5. The number of aliphatic hydroxyl groups is 1. The summed E-state index contributed by atoms with van der Waals surface area (Å²) in [7, 11) is 0. The molecule has 7 nitrogen and oxygen atoms in total. The van der Waals surface area contributed by atoms with Gasteiger partial charge in [-0.1, -0.05) is 45.4 Å². The molecule has 4 aliphatic rings. The normalized spacial score (nSPS) is 43.1. The third-order valence-corrected chi connectivity index (χ3v) is 9.78. The van der Waals surface area contributed by atoms with E-state index in [1.54, 1.807) is 33.8 Å². The number of halogens is 1. The molecule has 2 saturated carbocycles. The number of aliphatic hydroxyl groups excluding tert-OH is 1. The Hall–Kier alpha value is -2.35. The molecule has 0 saturated heterocycles. The van der Waals surface area contributed by atoms with Gasteiger partial charge in [-0.2, -0.15) is 0 Å². The number of Topliss-reactive ketones (excluding diaryl/α,β-unsaturated/α-hetero) is 1. The van der Waals surface area contributed by atoms with Crippen molar-refractivity contribution in [2.75, 3.05) is 6.61 Å². The number of hydrogen-bond donors (Lipinski definition) is 1. The van der Waals surface area contributed by atoms with E-state index in [9.17, 15) is 24.3 Å². The minimum Gasteiger partial charge on any atom is -0.457 e. The molecule has 0 heterocycles. The molecule has 8 heteroatoms. The predicted molar refractivity (Wildman–Crippen MR) is 128 cm³/mol. The molecule has 4 rings (SSSR count). The highest BCUT2D eigenvalue weighted by Gasteiger charge is 2.77. The SMILES string of the molecule is CCC(=O)OCC(=O)[C@@]1(OC(=O)CC)[C@@H](C)C[C@H]2[C@@H]3CC=C4CC(=O)C=C[C@]4(C)[C@@]3(F)[C@@H](O)C[C@@]21C. The first kappa shape index (κ1) is 26.7. The van der Waals surface area contributed by atoms with Gasteiger partial charge in [-0.05, 0) is 38.2 Å². The average Bonchev–Trinajstić information content (AvgIpc) is 3.05. The van der Waals surface area contributed by atoms with Crippen LogP contribution in [0, 0.1) is 28.6 Å². The fourth-order valence-corrected chi connectivity index (χ4v) is 7.91. The van der Waals surface area contributed by atoms with Crippen molar-refractivity contribution in [3.05, 3.63) is 23.8 Å². The van der Waals surface area contributed by atoms with E-state index in [4.69, 9.17) is 9.47 Å². The zero-order valence-electron chi connectivity index (χ0n) is 21.8. The van der Waals surface area contributed by atoms with E-state index in [0.717, 1.165) is 0 Å². The molecule has 0 aromatic carbocycles. The zero-order valence-corrected chi connectivity index (χ0v) is 21.8. The van der Waals surface area contributed by atoms with Gasteiger partial charge in [0, 0.05) is 41.9 Å². The number of hydrogen-bond acceptors (Lipinski definition) is 7. The number of carbonyl (C=O) groups excluding carboxylic acids is 4. The number of allylic oxidation sites excluding steroid dienone is 4. The number of carbonyl (C=O) groups is 4. The molecule has 0 aromatic rings. The number of esters is 2. The van der Waals surface area contributed by atoms with Gasteiger partial charge < -0.3 is 14.6 Å². The molecule has 198 valence electrons.